The van der Waals surface area contributed by atoms with Crippen molar-refractivity contribution in [3.05, 3.63) is 24.3 Å². The molecule has 0 atom stereocenters. The molecule has 0 amide bonds. The SMILES string of the molecule is CCCNc1cc(C(C)C)nc(-c2cncn2C(C)C)n1. The predicted octanol–water partition coefficient (Wildman–Crippen LogP) is 3.87. The number of hydrogen-bond acceptors (Lipinski definition) is 4. The van der Waals surface area contributed by atoms with Gasteiger partial charge in [-0.3, -0.25) is 0 Å². The smallest absolute Gasteiger partial charge is 0.180 e. The monoisotopic (exact) mass is 287 g/mol. The zero-order valence-electron chi connectivity index (χ0n) is 13.6. The highest BCUT2D eigenvalue weighted by Gasteiger charge is 2.14. The van der Waals surface area contributed by atoms with E-state index in [1.54, 1.807) is 0 Å². The first-order valence-electron chi connectivity index (χ1n) is 7.68. The second-order valence-corrected chi connectivity index (χ2v) is 5.86. The zero-order chi connectivity index (χ0) is 15.4. The van der Waals surface area contributed by atoms with E-state index in [2.05, 4.69) is 54.5 Å². The standard InChI is InChI=1S/C16H25N5/c1-6-7-18-15-8-13(11(2)3)19-16(20-15)14-9-17-10-21(14)12(4)5/h8-12H,6-7H2,1-5H3,(H,18,19,20). The number of nitrogens with one attached hydrogen (secondary N) is 1. The van der Waals surface area contributed by atoms with E-state index < -0.39 is 0 Å². The van der Waals surface area contributed by atoms with E-state index in [0.29, 0.717) is 12.0 Å². The normalized spacial score (nSPS) is 11.4. The van der Waals surface area contributed by atoms with Gasteiger partial charge >= 0.3 is 0 Å². The molecule has 2 aromatic rings. The molecule has 0 aromatic carbocycles. The molecule has 2 rings (SSSR count). The van der Waals surface area contributed by atoms with E-state index in [1.807, 2.05) is 18.6 Å². The van der Waals surface area contributed by atoms with Crippen molar-refractivity contribution in [1.29, 1.82) is 0 Å². The highest BCUT2D eigenvalue weighted by molar-refractivity contribution is 5.53. The van der Waals surface area contributed by atoms with Crippen LogP contribution in [0.2, 0.25) is 0 Å². The molecule has 1 N–H and O–H groups in total. The summed E-state index contributed by atoms with van der Waals surface area (Å²) in [5.74, 6) is 2.00. The van der Waals surface area contributed by atoms with Crippen molar-refractivity contribution in [1.82, 2.24) is 19.5 Å². The largest absolute Gasteiger partial charge is 0.370 e. The third-order valence-corrected chi connectivity index (χ3v) is 3.35. The fourth-order valence-electron chi connectivity index (χ4n) is 2.11. The number of nitrogens with zero attached hydrogens (tertiary/aromatic N) is 4. The summed E-state index contributed by atoms with van der Waals surface area (Å²) in [4.78, 5) is 13.6. The van der Waals surface area contributed by atoms with Crippen LogP contribution in [0.1, 0.15) is 58.7 Å². The number of aromatic nitrogens is 4. The fraction of sp³-hybridized carbons (Fsp3) is 0.562. The highest BCUT2D eigenvalue weighted by Crippen LogP contribution is 2.23. The maximum atomic E-state index is 4.71. The summed E-state index contributed by atoms with van der Waals surface area (Å²) in [6.45, 7) is 11.6. The molecule has 0 aliphatic rings. The van der Waals surface area contributed by atoms with Crippen LogP contribution in [-0.2, 0) is 0 Å². The van der Waals surface area contributed by atoms with Crippen LogP contribution < -0.4 is 5.32 Å². The van der Waals surface area contributed by atoms with Crippen LogP contribution in [0.3, 0.4) is 0 Å². The number of imidazole rings is 1. The molecule has 5 heteroatoms. The van der Waals surface area contributed by atoms with Gasteiger partial charge in [-0.2, -0.15) is 0 Å². The Balaban J connectivity index is 2.46. The van der Waals surface area contributed by atoms with Gasteiger partial charge in [0.05, 0.1) is 12.5 Å². The first-order valence-corrected chi connectivity index (χ1v) is 7.68. The molecular weight excluding hydrogens is 262 g/mol. The Labute approximate surface area is 126 Å². The summed E-state index contributed by atoms with van der Waals surface area (Å²) in [5.41, 5.74) is 2.02. The van der Waals surface area contributed by atoms with Crippen molar-refractivity contribution in [3.8, 4) is 11.5 Å². The summed E-state index contributed by atoms with van der Waals surface area (Å²) >= 11 is 0. The topological polar surface area (TPSA) is 55.6 Å². The molecule has 0 saturated carbocycles. The van der Waals surface area contributed by atoms with Gasteiger partial charge in [0.2, 0.25) is 0 Å². The number of anilines is 1. The minimum Gasteiger partial charge on any atom is -0.370 e. The molecule has 2 heterocycles. The van der Waals surface area contributed by atoms with E-state index in [4.69, 9.17) is 4.98 Å². The fourth-order valence-corrected chi connectivity index (χ4v) is 2.11. The molecule has 0 aliphatic heterocycles. The van der Waals surface area contributed by atoms with Gasteiger partial charge in [-0.15, -0.1) is 0 Å². The van der Waals surface area contributed by atoms with Crippen molar-refractivity contribution in [2.45, 2.75) is 53.0 Å². The van der Waals surface area contributed by atoms with Crippen LogP contribution in [0.4, 0.5) is 5.82 Å². The molecule has 2 aromatic heterocycles. The lowest BCUT2D eigenvalue weighted by Crippen LogP contribution is -2.09. The van der Waals surface area contributed by atoms with E-state index in [1.165, 1.54) is 0 Å². The van der Waals surface area contributed by atoms with E-state index >= 15 is 0 Å². The van der Waals surface area contributed by atoms with Gasteiger partial charge in [0.1, 0.15) is 11.5 Å². The van der Waals surface area contributed by atoms with Gasteiger partial charge in [-0.05, 0) is 26.2 Å². The van der Waals surface area contributed by atoms with Crippen LogP contribution in [0.25, 0.3) is 11.5 Å². The highest BCUT2D eigenvalue weighted by atomic mass is 15.1. The lowest BCUT2D eigenvalue weighted by Gasteiger charge is -2.14. The Hall–Kier alpha value is -1.91. The second-order valence-electron chi connectivity index (χ2n) is 5.86. The molecule has 0 unspecified atom stereocenters. The van der Waals surface area contributed by atoms with Crippen LogP contribution in [0.15, 0.2) is 18.6 Å². The summed E-state index contributed by atoms with van der Waals surface area (Å²) in [5, 5.41) is 3.36. The van der Waals surface area contributed by atoms with Gasteiger partial charge < -0.3 is 9.88 Å². The van der Waals surface area contributed by atoms with Crippen molar-refractivity contribution < 1.29 is 0 Å². The summed E-state index contributed by atoms with van der Waals surface area (Å²) in [6.07, 6.45) is 4.74. The minimum absolute atomic E-state index is 0.334. The van der Waals surface area contributed by atoms with Gasteiger partial charge in [-0.1, -0.05) is 20.8 Å². The third kappa shape index (κ3) is 3.60. The van der Waals surface area contributed by atoms with E-state index in [-0.39, 0.29) is 0 Å². The molecule has 0 bridgehead atoms. The molecule has 0 aliphatic carbocycles. The van der Waals surface area contributed by atoms with Gasteiger partial charge in [0.25, 0.3) is 0 Å². The van der Waals surface area contributed by atoms with E-state index in [9.17, 15) is 0 Å². The molecule has 0 saturated heterocycles. The molecule has 0 spiro atoms. The zero-order valence-corrected chi connectivity index (χ0v) is 13.6. The van der Waals surface area contributed by atoms with Gasteiger partial charge in [-0.25, -0.2) is 15.0 Å². The minimum atomic E-state index is 0.334. The number of hydrogen-bond donors (Lipinski definition) is 1. The van der Waals surface area contributed by atoms with Crippen LogP contribution in [-0.4, -0.2) is 26.1 Å². The predicted molar refractivity (Wildman–Crippen MR) is 86.5 cm³/mol. The average molecular weight is 287 g/mol. The lowest BCUT2D eigenvalue weighted by molar-refractivity contribution is 0.603. The molecule has 114 valence electrons. The Morgan fingerprint density at radius 2 is 1.95 bits per heavy atom. The molecule has 5 nitrogen and oxygen atoms in total. The Morgan fingerprint density at radius 3 is 2.57 bits per heavy atom. The molecule has 0 radical (unpaired) electrons. The molecule has 21 heavy (non-hydrogen) atoms. The van der Waals surface area contributed by atoms with Gasteiger partial charge in [0, 0.05) is 24.3 Å². The van der Waals surface area contributed by atoms with Crippen LogP contribution in [0, 0.1) is 0 Å². The Kier molecular flexibility index (Phi) is 4.94. The van der Waals surface area contributed by atoms with Crippen molar-refractivity contribution in [2.24, 2.45) is 0 Å². The van der Waals surface area contributed by atoms with Crippen molar-refractivity contribution in [2.75, 3.05) is 11.9 Å². The first-order chi connectivity index (χ1) is 10.0. The number of rotatable bonds is 6. The Morgan fingerprint density at radius 1 is 1.19 bits per heavy atom. The van der Waals surface area contributed by atoms with Crippen molar-refractivity contribution in [3.63, 3.8) is 0 Å². The lowest BCUT2D eigenvalue weighted by atomic mass is 10.1. The third-order valence-electron chi connectivity index (χ3n) is 3.35. The van der Waals surface area contributed by atoms with Crippen molar-refractivity contribution >= 4 is 5.82 Å². The first kappa shape index (κ1) is 15.5. The summed E-state index contributed by atoms with van der Waals surface area (Å²) in [6, 6.07) is 2.38. The molecular formula is C16H25N5. The Bertz CT molecular complexity index is 586. The maximum Gasteiger partial charge on any atom is 0.180 e. The maximum absolute atomic E-state index is 4.71. The van der Waals surface area contributed by atoms with E-state index in [0.717, 1.165) is 36.0 Å². The van der Waals surface area contributed by atoms with Crippen LogP contribution >= 0.6 is 0 Å². The van der Waals surface area contributed by atoms with Crippen LogP contribution in [0.5, 0.6) is 0 Å². The summed E-state index contributed by atoms with van der Waals surface area (Å²) < 4.78 is 2.10. The second kappa shape index (κ2) is 6.70. The van der Waals surface area contributed by atoms with Gasteiger partial charge in [0.15, 0.2) is 5.82 Å². The molecule has 0 fully saturated rings. The summed E-state index contributed by atoms with van der Waals surface area (Å²) in [7, 11) is 0. The quantitative estimate of drug-likeness (QED) is 0.876. The average Bonchev–Trinajstić information content (AvgIpc) is 2.94.